The minimum atomic E-state index is 0.907. The first-order chi connectivity index (χ1) is 8.59. The van der Waals surface area contributed by atoms with Gasteiger partial charge in [0.1, 0.15) is 0 Å². The summed E-state index contributed by atoms with van der Waals surface area (Å²) in [6, 6.07) is 0. The Morgan fingerprint density at radius 3 is 1.94 bits per heavy atom. The van der Waals surface area contributed by atoms with Crippen LogP contribution < -0.4 is 0 Å². The Hall–Kier alpha value is 0. The van der Waals surface area contributed by atoms with Gasteiger partial charge < -0.3 is 0 Å². The fourth-order valence-corrected chi connectivity index (χ4v) is 4.80. The lowest BCUT2D eigenvalue weighted by Gasteiger charge is -2.45. The van der Waals surface area contributed by atoms with E-state index in [1.807, 2.05) is 0 Å². The molecule has 2 saturated carbocycles. The molecule has 0 bridgehead atoms. The standard InChI is InChI=1S/C18H34/c1-13(2)16-10-11-17(14(3)4)18(12-16)15-8-6-5-7-9-15/h13-18H,5-12H2,1-4H3. The molecule has 0 nitrogen and oxygen atoms in total. The van der Waals surface area contributed by atoms with Gasteiger partial charge in [-0.15, -0.1) is 0 Å². The van der Waals surface area contributed by atoms with Crippen molar-refractivity contribution in [3.05, 3.63) is 0 Å². The van der Waals surface area contributed by atoms with Gasteiger partial charge in [0.25, 0.3) is 0 Å². The third-order valence-electron chi connectivity index (χ3n) is 6.05. The van der Waals surface area contributed by atoms with Crippen LogP contribution in [0.4, 0.5) is 0 Å². The van der Waals surface area contributed by atoms with Gasteiger partial charge in [-0.25, -0.2) is 0 Å². The smallest absolute Gasteiger partial charge is 0.0352 e. The molecule has 0 aromatic heterocycles. The molecule has 0 radical (unpaired) electrons. The van der Waals surface area contributed by atoms with E-state index in [0.717, 1.165) is 35.5 Å². The minimum Gasteiger partial charge on any atom is -0.0625 e. The molecular formula is C18H34. The Kier molecular flexibility index (Phi) is 5.15. The summed E-state index contributed by atoms with van der Waals surface area (Å²) in [7, 11) is 0. The maximum absolute atomic E-state index is 2.47. The summed E-state index contributed by atoms with van der Waals surface area (Å²) in [5, 5.41) is 0. The van der Waals surface area contributed by atoms with E-state index >= 15 is 0 Å². The first-order valence-corrected chi connectivity index (χ1v) is 8.59. The van der Waals surface area contributed by atoms with Crippen LogP contribution in [0, 0.1) is 35.5 Å². The first kappa shape index (κ1) is 14.4. The second-order valence-corrected chi connectivity index (χ2v) is 7.79. The Morgan fingerprint density at radius 2 is 1.39 bits per heavy atom. The Morgan fingerprint density at radius 1 is 0.722 bits per heavy atom. The SMILES string of the molecule is CC(C)C1CCC(C(C)C)C(C2CCCCC2)C1. The highest BCUT2D eigenvalue weighted by Gasteiger charge is 2.37. The van der Waals surface area contributed by atoms with Crippen molar-refractivity contribution in [2.24, 2.45) is 35.5 Å². The van der Waals surface area contributed by atoms with Gasteiger partial charge in [0.05, 0.1) is 0 Å². The largest absolute Gasteiger partial charge is 0.0625 e. The molecule has 0 amide bonds. The average Bonchev–Trinajstić information content (AvgIpc) is 2.39. The number of rotatable bonds is 3. The summed E-state index contributed by atoms with van der Waals surface area (Å²) in [6.45, 7) is 9.82. The molecule has 3 atom stereocenters. The zero-order valence-corrected chi connectivity index (χ0v) is 13.1. The zero-order chi connectivity index (χ0) is 13.1. The molecule has 0 heterocycles. The molecule has 106 valence electrons. The molecule has 0 N–H and O–H groups in total. The summed E-state index contributed by atoms with van der Waals surface area (Å²) in [4.78, 5) is 0. The second-order valence-electron chi connectivity index (χ2n) is 7.79. The second kappa shape index (κ2) is 6.44. The highest BCUT2D eigenvalue weighted by molar-refractivity contribution is 4.87. The maximum atomic E-state index is 2.47. The van der Waals surface area contributed by atoms with E-state index in [0.29, 0.717) is 0 Å². The normalized spacial score (nSPS) is 35.3. The summed E-state index contributed by atoms with van der Waals surface area (Å²) in [6.07, 6.45) is 12.2. The molecule has 2 fully saturated rings. The predicted molar refractivity (Wildman–Crippen MR) is 80.6 cm³/mol. The van der Waals surface area contributed by atoms with Crippen molar-refractivity contribution in [3.8, 4) is 0 Å². The van der Waals surface area contributed by atoms with Crippen LogP contribution in [0.5, 0.6) is 0 Å². The molecule has 3 unspecified atom stereocenters. The van der Waals surface area contributed by atoms with Crippen molar-refractivity contribution in [2.45, 2.75) is 79.1 Å². The molecule has 0 heteroatoms. The summed E-state index contributed by atoms with van der Waals surface area (Å²) >= 11 is 0. The molecule has 0 aliphatic heterocycles. The van der Waals surface area contributed by atoms with Crippen LogP contribution in [-0.2, 0) is 0 Å². The zero-order valence-electron chi connectivity index (χ0n) is 13.1. The van der Waals surface area contributed by atoms with Gasteiger partial charge in [-0.3, -0.25) is 0 Å². The first-order valence-electron chi connectivity index (χ1n) is 8.59. The monoisotopic (exact) mass is 250 g/mol. The van der Waals surface area contributed by atoms with Gasteiger partial charge in [0.2, 0.25) is 0 Å². The molecule has 0 saturated heterocycles. The van der Waals surface area contributed by atoms with Gasteiger partial charge in [-0.05, 0) is 54.8 Å². The molecular weight excluding hydrogens is 216 g/mol. The van der Waals surface area contributed by atoms with E-state index in [1.54, 1.807) is 19.3 Å². The third kappa shape index (κ3) is 3.31. The quantitative estimate of drug-likeness (QED) is 0.584. The van der Waals surface area contributed by atoms with Crippen LogP contribution in [0.2, 0.25) is 0 Å². The van der Waals surface area contributed by atoms with E-state index < -0.39 is 0 Å². The highest BCUT2D eigenvalue weighted by Crippen LogP contribution is 2.47. The fraction of sp³-hybridized carbons (Fsp3) is 1.00. The number of hydrogen-bond acceptors (Lipinski definition) is 0. The van der Waals surface area contributed by atoms with Crippen molar-refractivity contribution in [2.75, 3.05) is 0 Å². The van der Waals surface area contributed by atoms with Crippen molar-refractivity contribution >= 4 is 0 Å². The van der Waals surface area contributed by atoms with Crippen LogP contribution in [0.15, 0.2) is 0 Å². The van der Waals surface area contributed by atoms with Gasteiger partial charge in [-0.2, -0.15) is 0 Å². The van der Waals surface area contributed by atoms with Crippen LogP contribution in [0.1, 0.15) is 79.1 Å². The molecule has 0 spiro atoms. The molecule has 18 heavy (non-hydrogen) atoms. The molecule has 0 aromatic rings. The molecule has 0 aromatic carbocycles. The minimum absolute atomic E-state index is 0.907. The van der Waals surface area contributed by atoms with Gasteiger partial charge >= 0.3 is 0 Å². The summed E-state index contributed by atoms with van der Waals surface area (Å²) < 4.78 is 0. The lowest BCUT2D eigenvalue weighted by molar-refractivity contribution is 0.0544. The fourth-order valence-electron chi connectivity index (χ4n) is 4.80. The summed E-state index contributed by atoms with van der Waals surface area (Å²) in [5.74, 6) is 6.00. The van der Waals surface area contributed by atoms with Crippen LogP contribution >= 0.6 is 0 Å². The Balaban J connectivity index is 2.03. The van der Waals surface area contributed by atoms with Gasteiger partial charge in [-0.1, -0.05) is 59.8 Å². The van der Waals surface area contributed by atoms with Crippen LogP contribution in [0.3, 0.4) is 0 Å². The Bertz CT molecular complexity index is 234. The highest BCUT2D eigenvalue weighted by atomic mass is 14.4. The van der Waals surface area contributed by atoms with E-state index in [2.05, 4.69) is 27.7 Å². The lowest BCUT2D eigenvalue weighted by Crippen LogP contribution is -2.35. The molecule has 2 rings (SSSR count). The maximum Gasteiger partial charge on any atom is -0.0352 e. The van der Waals surface area contributed by atoms with E-state index in [1.165, 1.54) is 32.1 Å². The van der Waals surface area contributed by atoms with Crippen molar-refractivity contribution in [1.29, 1.82) is 0 Å². The number of hydrogen-bond donors (Lipinski definition) is 0. The van der Waals surface area contributed by atoms with Crippen LogP contribution in [-0.4, -0.2) is 0 Å². The topological polar surface area (TPSA) is 0 Å². The van der Waals surface area contributed by atoms with Crippen molar-refractivity contribution < 1.29 is 0 Å². The molecule has 2 aliphatic rings. The van der Waals surface area contributed by atoms with Crippen LogP contribution in [0.25, 0.3) is 0 Å². The Labute approximate surface area is 115 Å². The summed E-state index contributed by atoms with van der Waals surface area (Å²) in [5.41, 5.74) is 0. The van der Waals surface area contributed by atoms with E-state index in [-0.39, 0.29) is 0 Å². The van der Waals surface area contributed by atoms with E-state index in [9.17, 15) is 0 Å². The third-order valence-corrected chi connectivity index (χ3v) is 6.05. The van der Waals surface area contributed by atoms with Gasteiger partial charge in [0.15, 0.2) is 0 Å². The lowest BCUT2D eigenvalue weighted by atomic mass is 9.61. The average molecular weight is 250 g/mol. The van der Waals surface area contributed by atoms with E-state index in [4.69, 9.17) is 0 Å². The van der Waals surface area contributed by atoms with Gasteiger partial charge in [0, 0.05) is 0 Å². The molecule has 2 aliphatic carbocycles. The van der Waals surface area contributed by atoms with Crippen molar-refractivity contribution in [3.63, 3.8) is 0 Å². The van der Waals surface area contributed by atoms with Crippen molar-refractivity contribution in [1.82, 2.24) is 0 Å². The predicted octanol–water partition coefficient (Wildman–Crippen LogP) is 5.91.